The number of nitrogens with one attached hydrogen (secondary N) is 1. The van der Waals surface area contributed by atoms with Crippen LogP contribution in [-0.4, -0.2) is 36.2 Å². The summed E-state index contributed by atoms with van der Waals surface area (Å²) in [6, 6.07) is 11.8. The van der Waals surface area contributed by atoms with E-state index in [1.807, 2.05) is 30.3 Å². The first-order valence-corrected chi connectivity index (χ1v) is 10.0. The third kappa shape index (κ3) is 3.78. The monoisotopic (exact) mass is 409 g/mol. The average Bonchev–Trinajstić information content (AvgIpc) is 3.30. The maximum absolute atomic E-state index is 12.5. The van der Waals surface area contributed by atoms with E-state index in [1.54, 1.807) is 13.0 Å². The number of benzene rings is 2. The van der Waals surface area contributed by atoms with Crippen molar-refractivity contribution in [3.63, 3.8) is 0 Å². The Labute approximate surface area is 173 Å². The molecule has 0 aliphatic carbocycles. The lowest BCUT2D eigenvalue weighted by Crippen LogP contribution is -2.43. The molecule has 156 valence electrons. The number of phenolic OH excluding ortho intramolecular Hbond substituents is 1. The zero-order valence-electron chi connectivity index (χ0n) is 16.6. The van der Waals surface area contributed by atoms with E-state index in [-0.39, 0.29) is 29.2 Å². The van der Waals surface area contributed by atoms with Gasteiger partial charge in [-0.2, -0.15) is 4.99 Å². The number of ether oxygens (including phenoxy) is 2. The Balaban J connectivity index is 1.85. The van der Waals surface area contributed by atoms with Crippen LogP contribution in [0.1, 0.15) is 42.9 Å². The number of phenols is 1. The number of aromatic hydroxyl groups is 1. The van der Waals surface area contributed by atoms with E-state index >= 15 is 0 Å². The molecule has 0 radical (unpaired) electrons. The molecule has 1 fully saturated rings. The molecular weight excluding hydrogens is 386 g/mol. The van der Waals surface area contributed by atoms with Crippen molar-refractivity contribution >= 4 is 17.4 Å². The zero-order valence-corrected chi connectivity index (χ0v) is 16.6. The number of carbonyl (C=O) groups is 1. The molecule has 4 rings (SSSR count). The van der Waals surface area contributed by atoms with Crippen LogP contribution in [0.2, 0.25) is 0 Å². The number of nitroso groups, excluding NO2 is 1. The molecule has 3 unspecified atom stereocenters. The van der Waals surface area contributed by atoms with Crippen molar-refractivity contribution < 1.29 is 19.4 Å². The van der Waals surface area contributed by atoms with Crippen LogP contribution in [0, 0.1) is 4.91 Å². The molecular formula is C22H23N3O5. The van der Waals surface area contributed by atoms with Crippen LogP contribution in [-0.2, 0) is 4.74 Å². The molecule has 1 saturated heterocycles. The van der Waals surface area contributed by atoms with Gasteiger partial charge in [-0.3, -0.25) is 0 Å². The maximum Gasteiger partial charge on any atom is 0.341 e. The number of amides is 2. The quantitative estimate of drug-likeness (QED) is 0.689. The lowest BCUT2D eigenvalue weighted by atomic mass is 9.80. The van der Waals surface area contributed by atoms with Crippen molar-refractivity contribution in [2.24, 2.45) is 10.2 Å². The average molecular weight is 409 g/mol. The highest BCUT2D eigenvalue weighted by Crippen LogP contribution is 2.44. The van der Waals surface area contributed by atoms with Gasteiger partial charge in [-0.15, -0.1) is 4.91 Å². The second-order valence-electron chi connectivity index (χ2n) is 7.26. The molecule has 3 atom stereocenters. The summed E-state index contributed by atoms with van der Waals surface area (Å²) in [5.41, 5.74) is 2.08. The number of nitrogens with zero attached hydrogens (tertiary/aromatic N) is 2. The molecule has 8 nitrogen and oxygen atoms in total. The van der Waals surface area contributed by atoms with Crippen LogP contribution in [0.15, 0.2) is 52.6 Å². The van der Waals surface area contributed by atoms with Gasteiger partial charge in [0.1, 0.15) is 0 Å². The fraction of sp³-hybridized carbons (Fsp3) is 0.364. The molecule has 2 aliphatic heterocycles. The molecule has 8 heteroatoms. The largest absolute Gasteiger partial charge is 0.503 e. The smallest absolute Gasteiger partial charge is 0.341 e. The topological polar surface area (TPSA) is 110 Å². The molecule has 0 bridgehead atoms. The van der Waals surface area contributed by atoms with E-state index in [1.165, 1.54) is 6.07 Å². The Morgan fingerprint density at radius 1 is 1.27 bits per heavy atom. The Bertz CT molecular complexity index is 970. The predicted molar refractivity (Wildman–Crippen MR) is 112 cm³/mol. The van der Waals surface area contributed by atoms with E-state index in [9.17, 15) is 14.8 Å². The lowest BCUT2D eigenvalue weighted by Gasteiger charge is -2.35. The summed E-state index contributed by atoms with van der Waals surface area (Å²) < 4.78 is 11.3. The molecule has 2 aromatic carbocycles. The first-order chi connectivity index (χ1) is 14.6. The van der Waals surface area contributed by atoms with Gasteiger partial charge in [-0.1, -0.05) is 30.3 Å². The van der Waals surface area contributed by atoms with Crippen LogP contribution in [0.5, 0.6) is 11.5 Å². The van der Waals surface area contributed by atoms with Crippen molar-refractivity contribution in [3.8, 4) is 11.5 Å². The van der Waals surface area contributed by atoms with E-state index in [4.69, 9.17) is 9.47 Å². The van der Waals surface area contributed by atoms with Gasteiger partial charge in [0, 0.05) is 12.5 Å². The number of hydrogen-bond donors (Lipinski definition) is 2. The van der Waals surface area contributed by atoms with E-state index < -0.39 is 12.1 Å². The number of urea groups is 1. The Kier molecular flexibility index (Phi) is 5.76. The van der Waals surface area contributed by atoms with Gasteiger partial charge < -0.3 is 19.9 Å². The molecule has 2 amide bonds. The van der Waals surface area contributed by atoms with Crippen molar-refractivity contribution in [3.05, 3.63) is 58.5 Å². The molecule has 2 N–H and O–H groups in total. The van der Waals surface area contributed by atoms with Crippen molar-refractivity contribution in [2.45, 2.75) is 37.8 Å². The summed E-state index contributed by atoms with van der Waals surface area (Å²) in [6.07, 6.45) is 1.46. The van der Waals surface area contributed by atoms with Crippen LogP contribution in [0.3, 0.4) is 0 Å². The second-order valence-corrected chi connectivity index (χ2v) is 7.26. The highest BCUT2D eigenvalue weighted by atomic mass is 16.5. The zero-order chi connectivity index (χ0) is 21.1. The van der Waals surface area contributed by atoms with Crippen molar-refractivity contribution in [1.82, 2.24) is 5.32 Å². The minimum absolute atomic E-state index is 0.141. The Hall–Kier alpha value is -3.26. The van der Waals surface area contributed by atoms with Gasteiger partial charge in [0.2, 0.25) is 0 Å². The molecule has 0 saturated carbocycles. The minimum atomic E-state index is -0.531. The predicted octanol–water partition coefficient (Wildman–Crippen LogP) is 4.36. The highest BCUT2D eigenvalue weighted by molar-refractivity contribution is 6.05. The summed E-state index contributed by atoms with van der Waals surface area (Å²) in [5.74, 6) is -0.473. The number of rotatable bonds is 6. The maximum atomic E-state index is 12.5. The van der Waals surface area contributed by atoms with Crippen LogP contribution in [0.4, 0.5) is 10.5 Å². The van der Waals surface area contributed by atoms with Crippen LogP contribution >= 0.6 is 0 Å². The van der Waals surface area contributed by atoms with E-state index in [2.05, 4.69) is 15.5 Å². The number of aliphatic imine (C=N–C) groups is 1. The van der Waals surface area contributed by atoms with Crippen molar-refractivity contribution in [2.75, 3.05) is 13.2 Å². The standard InChI is InChI=1S/C22H23N3O5/c1-2-29-17-12-14(11-15(25-28)21(17)26)19-18(13-7-4-3-5-8-13)20(24-22(27)23-19)16-9-6-10-30-16/h3-5,7-8,11-12,16,18-19,26H,2,6,9-10H2,1H3,(H,23,27). The summed E-state index contributed by atoms with van der Waals surface area (Å²) in [6.45, 7) is 2.71. The van der Waals surface area contributed by atoms with Gasteiger partial charge >= 0.3 is 6.03 Å². The molecule has 0 spiro atoms. The van der Waals surface area contributed by atoms with Crippen molar-refractivity contribution in [1.29, 1.82) is 0 Å². The van der Waals surface area contributed by atoms with E-state index in [0.29, 0.717) is 24.5 Å². The third-order valence-electron chi connectivity index (χ3n) is 5.41. The number of hydrogen-bond acceptors (Lipinski definition) is 6. The molecule has 2 heterocycles. The first kappa shape index (κ1) is 20.0. The summed E-state index contributed by atoms with van der Waals surface area (Å²) >= 11 is 0. The summed E-state index contributed by atoms with van der Waals surface area (Å²) in [5, 5.41) is 16.1. The van der Waals surface area contributed by atoms with Gasteiger partial charge in [0.25, 0.3) is 0 Å². The Morgan fingerprint density at radius 3 is 2.73 bits per heavy atom. The van der Waals surface area contributed by atoms with Gasteiger partial charge in [0.05, 0.1) is 24.5 Å². The third-order valence-corrected chi connectivity index (χ3v) is 5.41. The molecule has 30 heavy (non-hydrogen) atoms. The molecule has 0 aromatic heterocycles. The van der Waals surface area contributed by atoms with Crippen LogP contribution in [0.25, 0.3) is 0 Å². The Morgan fingerprint density at radius 2 is 2.07 bits per heavy atom. The minimum Gasteiger partial charge on any atom is -0.503 e. The SMILES string of the molecule is CCOc1cc(C2NC(=O)N=C(C3CCCO3)C2c2ccccc2)cc(N=O)c1O. The second kappa shape index (κ2) is 8.62. The van der Waals surface area contributed by atoms with Crippen LogP contribution < -0.4 is 10.1 Å². The molecule has 2 aliphatic rings. The molecule has 2 aromatic rings. The van der Waals surface area contributed by atoms with Gasteiger partial charge in [-0.05, 0) is 48.2 Å². The highest BCUT2D eigenvalue weighted by Gasteiger charge is 2.40. The van der Waals surface area contributed by atoms with Gasteiger partial charge in [0.15, 0.2) is 17.2 Å². The van der Waals surface area contributed by atoms with Gasteiger partial charge in [-0.25, -0.2) is 4.79 Å². The normalized spacial score (nSPS) is 23.6. The van der Waals surface area contributed by atoms with E-state index in [0.717, 1.165) is 18.4 Å². The first-order valence-electron chi connectivity index (χ1n) is 10.0. The fourth-order valence-electron chi connectivity index (χ4n) is 4.12. The summed E-state index contributed by atoms with van der Waals surface area (Å²) in [4.78, 5) is 28.1. The lowest BCUT2D eigenvalue weighted by molar-refractivity contribution is 0.154. The number of carbonyl (C=O) groups excluding carboxylic acids is 1. The fourth-order valence-corrected chi connectivity index (χ4v) is 4.12. The summed E-state index contributed by atoms with van der Waals surface area (Å²) in [7, 11) is 0.